The molecule has 0 heterocycles. The summed E-state index contributed by atoms with van der Waals surface area (Å²) < 4.78 is 1.03. The fourth-order valence-electron chi connectivity index (χ4n) is 1.65. The van der Waals surface area contributed by atoms with Gasteiger partial charge >= 0.3 is 0 Å². The summed E-state index contributed by atoms with van der Waals surface area (Å²) in [6.07, 6.45) is 0.369. The lowest BCUT2D eigenvalue weighted by atomic mass is 10.1. The molecular weight excluding hydrogens is 326 g/mol. The van der Waals surface area contributed by atoms with Gasteiger partial charge in [-0.25, -0.2) is 0 Å². The Balaban J connectivity index is 1.84. The number of nitrogens with one attached hydrogen (secondary N) is 1. The highest BCUT2D eigenvalue weighted by Crippen LogP contribution is 2.11. The average Bonchev–Trinajstić information content (AvgIpc) is 2.41. The predicted octanol–water partition coefficient (Wildman–Crippen LogP) is 3.96. The SMILES string of the molecule is O=C(Cc1ccc(Cl)cc1)NCc1ccc(Br)cc1. The van der Waals surface area contributed by atoms with E-state index in [-0.39, 0.29) is 5.91 Å². The van der Waals surface area contributed by atoms with E-state index in [0.717, 1.165) is 15.6 Å². The van der Waals surface area contributed by atoms with E-state index in [1.807, 2.05) is 36.4 Å². The molecule has 0 unspecified atom stereocenters. The van der Waals surface area contributed by atoms with Gasteiger partial charge in [-0.15, -0.1) is 0 Å². The highest BCUT2D eigenvalue weighted by Gasteiger charge is 2.03. The Morgan fingerprint density at radius 2 is 1.58 bits per heavy atom. The minimum Gasteiger partial charge on any atom is -0.352 e. The van der Waals surface area contributed by atoms with Gasteiger partial charge in [0, 0.05) is 16.0 Å². The standard InChI is InChI=1S/C15H13BrClNO/c16-13-5-1-12(2-6-13)10-18-15(19)9-11-3-7-14(17)8-4-11/h1-8H,9-10H2,(H,18,19). The van der Waals surface area contributed by atoms with Crippen molar-refractivity contribution in [1.29, 1.82) is 0 Å². The Hall–Kier alpha value is -1.32. The molecule has 1 N–H and O–H groups in total. The first kappa shape index (κ1) is 14.1. The zero-order valence-electron chi connectivity index (χ0n) is 10.2. The maximum absolute atomic E-state index is 11.8. The molecule has 98 valence electrons. The van der Waals surface area contributed by atoms with Crippen LogP contribution in [0.1, 0.15) is 11.1 Å². The second-order valence-corrected chi connectivity index (χ2v) is 5.56. The van der Waals surface area contributed by atoms with Crippen LogP contribution in [0.25, 0.3) is 0 Å². The number of carbonyl (C=O) groups excluding carboxylic acids is 1. The van der Waals surface area contributed by atoms with Gasteiger partial charge in [-0.2, -0.15) is 0 Å². The van der Waals surface area contributed by atoms with Gasteiger partial charge in [0.15, 0.2) is 0 Å². The van der Waals surface area contributed by atoms with Crippen molar-refractivity contribution in [3.05, 3.63) is 69.2 Å². The van der Waals surface area contributed by atoms with Crippen molar-refractivity contribution in [3.63, 3.8) is 0 Å². The third kappa shape index (κ3) is 4.69. The van der Waals surface area contributed by atoms with Crippen molar-refractivity contribution < 1.29 is 4.79 Å². The first-order chi connectivity index (χ1) is 9.13. The molecule has 0 bridgehead atoms. The lowest BCUT2D eigenvalue weighted by Crippen LogP contribution is -2.24. The molecule has 19 heavy (non-hydrogen) atoms. The van der Waals surface area contributed by atoms with E-state index in [0.29, 0.717) is 18.0 Å². The first-order valence-electron chi connectivity index (χ1n) is 5.89. The summed E-state index contributed by atoms with van der Waals surface area (Å²) in [5.41, 5.74) is 2.03. The normalized spacial score (nSPS) is 10.2. The van der Waals surface area contributed by atoms with E-state index in [2.05, 4.69) is 21.2 Å². The molecule has 0 aromatic heterocycles. The highest BCUT2D eigenvalue weighted by molar-refractivity contribution is 9.10. The molecule has 0 fully saturated rings. The summed E-state index contributed by atoms with van der Waals surface area (Å²) in [7, 11) is 0. The molecule has 0 aliphatic carbocycles. The van der Waals surface area contributed by atoms with E-state index < -0.39 is 0 Å². The Bertz CT molecular complexity index is 551. The highest BCUT2D eigenvalue weighted by atomic mass is 79.9. The van der Waals surface area contributed by atoms with E-state index in [1.165, 1.54) is 0 Å². The molecule has 0 spiro atoms. The van der Waals surface area contributed by atoms with Crippen molar-refractivity contribution in [2.45, 2.75) is 13.0 Å². The van der Waals surface area contributed by atoms with Crippen molar-refractivity contribution >= 4 is 33.4 Å². The van der Waals surface area contributed by atoms with Crippen LogP contribution in [-0.2, 0) is 17.8 Å². The molecule has 0 aliphatic rings. The van der Waals surface area contributed by atoms with Crippen LogP contribution in [-0.4, -0.2) is 5.91 Å². The number of carbonyl (C=O) groups is 1. The summed E-state index contributed by atoms with van der Waals surface area (Å²) in [4.78, 5) is 11.8. The van der Waals surface area contributed by atoms with Gasteiger partial charge in [0.1, 0.15) is 0 Å². The van der Waals surface area contributed by atoms with Crippen LogP contribution >= 0.6 is 27.5 Å². The van der Waals surface area contributed by atoms with E-state index >= 15 is 0 Å². The molecule has 2 aromatic carbocycles. The van der Waals surface area contributed by atoms with E-state index in [1.54, 1.807) is 12.1 Å². The van der Waals surface area contributed by atoms with Crippen molar-refractivity contribution in [2.75, 3.05) is 0 Å². The second kappa shape index (κ2) is 6.73. The average molecular weight is 339 g/mol. The minimum atomic E-state index is 0.00485. The van der Waals surface area contributed by atoms with E-state index in [4.69, 9.17) is 11.6 Å². The fourth-order valence-corrected chi connectivity index (χ4v) is 2.04. The lowest BCUT2D eigenvalue weighted by Gasteiger charge is -2.06. The summed E-state index contributed by atoms with van der Waals surface area (Å²) in [5, 5.41) is 3.57. The van der Waals surface area contributed by atoms with Gasteiger partial charge < -0.3 is 5.32 Å². The summed E-state index contributed by atoms with van der Waals surface area (Å²) in [5.74, 6) is 0.00485. The smallest absolute Gasteiger partial charge is 0.224 e. The van der Waals surface area contributed by atoms with Gasteiger partial charge in [0.05, 0.1) is 6.42 Å². The van der Waals surface area contributed by atoms with Crippen LogP contribution < -0.4 is 5.32 Å². The molecular formula is C15H13BrClNO. The van der Waals surface area contributed by atoms with Gasteiger partial charge in [0.25, 0.3) is 0 Å². The largest absolute Gasteiger partial charge is 0.352 e. The molecule has 0 aliphatic heterocycles. The molecule has 0 radical (unpaired) electrons. The second-order valence-electron chi connectivity index (χ2n) is 4.21. The summed E-state index contributed by atoms with van der Waals surface area (Å²) >= 11 is 9.18. The zero-order valence-corrected chi connectivity index (χ0v) is 12.5. The Morgan fingerprint density at radius 1 is 1.00 bits per heavy atom. The maximum Gasteiger partial charge on any atom is 0.224 e. The van der Waals surface area contributed by atoms with E-state index in [9.17, 15) is 4.79 Å². The summed E-state index contributed by atoms with van der Waals surface area (Å²) in [6.45, 7) is 0.541. The number of hydrogen-bond acceptors (Lipinski definition) is 1. The van der Waals surface area contributed by atoms with Gasteiger partial charge in [0.2, 0.25) is 5.91 Å². The van der Waals surface area contributed by atoms with Crippen LogP contribution in [0.4, 0.5) is 0 Å². The molecule has 4 heteroatoms. The third-order valence-corrected chi connectivity index (χ3v) is 3.46. The van der Waals surface area contributed by atoms with Crippen LogP contribution in [0.3, 0.4) is 0 Å². The summed E-state index contributed by atoms with van der Waals surface area (Å²) in [6, 6.07) is 15.2. The number of amides is 1. The quantitative estimate of drug-likeness (QED) is 0.898. The molecule has 0 saturated carbocycles. The first-order valence-corrected chi connectivity index (χ1v) is 7.06. The Labute approximate surface area is 125 Å². The molecule has 1 amide bonds. The third-order valence-electron chi connectivity index (χ3n) is 2.68. The molecule has 2 rings (SSSR count). The van der Waals surface area contributed by atoms with Crippen molar-refractivity contribution in [2.24, 2.45) is 0 Å². The van der Waals surface area contributed by atoms with Crippen LogP contribution in [0.2, 0.25) is 5.02 Å². The van der Waals surface area contributed by atoms with Crippen molar-refractivity contribution in [1.82, 2.24) is 5.32 Å². The Morgan fingerprint density at radius 3 is 2.21 bits per heavy atom. The zero-order chi connectivity index (χ0) is 13.7. The van der Waals surface area contributed by atoms with Crippen LogP contribution in [0.15, 0.2) is 53.0 Å². The van der Waals surface area contributed by atoms with Gasteiger partial charge in [-0.1, -0.05) is 51.8 Å². The maximum atomic E-state index is 11.8. The number of halogens is 2. The number of benzene rings is 2. The number of rotatable bonds is 4. The molecule has 0 saturated heterocycles. The van der Waals surface area contributed by atoms with Crippen molar-refractivity contribution in [3.8, 4) is 0 Å². The van der Waals surface area contributed by atoms with Crippen LogP contribution in [0, 0.1) is 0 Å². The molecule has 0 atom stereocenters. The Kier molecular flexibility index (Phi) is 5.00. The lowest BCUT2D eigenvalue weighted by molar-refractivity contribution is -0.120. The van der Waals surface area contributed by atoms with Crippen LogP contribution in [0.5, 0.6) is 0 Å². The van der Waals surface area contributed by atoms with Gasteiger partial charge in [-0.3, -0.25) is 4.79 Å². The van der Waals surface area contributed by atoms with Gasteiger partial charge in [-0.05, 0) is 35.4 Å². The topological polar surface area (TPSA) is 29.1 Å². The fraction of sp³-hybridized carbons (Fsp3) is 0.133. The monoisotopic (exact) mass is 337 g/mol. The predicted molar refractivity (Wildman–Crippen MR) is 81.1 cm³/mol. The molecule has 2 aromatic rings. The minimum absolute atomic E-state index is 0.00485. The number of hydrogen-bond donors (Lipinski definition) is 1. The molecule has 2 nitrogen and oxygen atoms in total.